The van der Waals surface area contributed by atoms with Crippen LogP contribution in [-0.2, 0) is 14.8 Å². The van der Waals surface area contributed by atoms with Crippen LogP contribution in [0.25, 0.3) is 0 Å². The van der Waals surface area contributed by atoms with Crippen molar-refractivity contribution in [3.8, 4) is 5.75 Å². The van der Waals surface area contributed by atoms with Gasteiger partial charge >= 0.3 is 0 Å². The number of anilines is 1. The molecular weight excluding hydrogens is 409 g/mol. The van der Waals surface area contributed by atoms with E-state index in [1.165, 1.54) is 13.2 Å². The normalized spacial score (nSPS) is 17.3. The van der Waals surface area contributed by atoms with Gasteiger partial charge in [-0.1, -0.05) is 6.07 Å². The maximum absolute atomic E-state index is 13.9. The van der Waals surface area contributed by atoms with Crippen molar-refractivity contribution in [3.63, 3.8) is 0 Å². The highest BCUT2D eigenvalue weighted by molar-refractivity contribution is 7.89. The molecule has 156 valence electrons. The Morgan fingerprint density at radius 1 is 1.17 bits per heavy atom. The van der Waals surface area contributed by atoms with Crippen LogP contribution < -0.4 is 10.1 Å². The molecule has 6 nitrogen and oxygen atoms in total. The van der Waals surface area contributed by atoms with Crippen LogP contribution in [0.5, 0.6) is 5.75 Å². The molecular formula is C19H19F3N2O4S. The minimum absolute atomic E-state index is 0.00411. The number of sulfonamides is 1. The number of carbonyl (C=O) groups is 1. The molecule has 1 fully saturated rings. The lowest BCUT2D eigenvalue weighted by Crippen LogP contribution is -2.43. The second-order valence-electron chi connectivity index (χ2n) is 6.62. The molecule has 10 heteroatoms. The highest BCUT2D eigenvalue weighted by Crippen LogP contribution is 2.31. The van der Waals surface area contributed by atoms with Gasteiger partial charge in [0.1, 0.15) is 11.8 Å². The number of nitrogens with one attached hydrogen (secondary N) is 1. The fourth-order valence-electron chi connectivity index (χ4n) is 3.24. The molecule has 1 N–H and O–H groups in total. The first-order valence-electron chi connectivity index (χ1n) is 8.77. The monoisotopic (exact) mass is 428 g/mol. The summed E-state index contributed by atoms with van der Waals surface area (Å²) in [5.74, 6) is -5.13. The number of hydrogen-bond acceptors (Lipinski definition) is 4. The number of nitrogens with zero attached hydrogens (tertiary/aromatic N) is 1. The Morgan fingerprint density at radius 2 is 1.90 bits per heavy atom. The summed E-state index contributed by atoms with van der Waals surface area (Å²) in [7, 11) is -2.64. The van der Waals surface area contributed by atoms with E-state index in [2.05, 4.69) is 5.32 Å². The molecule has 1 heterocycles. The Hall–Kier alpha value is -2.59. The minimum atomic E-state index is -4.05. The zero-order valence-corrected chi connectivity index (χ0v) is 16.5. The molecule has 0 spiro atoms. The van der Waals surface area contributed by atoms with Crippen LogP contribution >= 0.6 is 0 Å². The van der Waals surface area contributed by atoms with Crippen LogP contribution in [0.3, 0.4) is 0 Å². The second-order valence-corrected chi connectivity index (χ2v) is 8.48. The van der Waals surface area contributed by atoms with E-state index < -0.39 is 45.1 Å². The van der Waals surface area contributed by atoms with E-state index in [-0.39, 0.29) is 17.9 Å². The van der Waals surface area contributed by atoms with Crippen molar-refractivity contribution < 1.29 is 31.1 Å². The number of aryl methyl sites for hydroxylation is 1. The van der Waals surface area contributed by atoms with Crippen molar-refractivity contribution in [1.29, 1.82) is 0 Å². The van der Waals surface area contributed by atoms with Crippen LogP contribution in [0.1, 0.15) is 18.4 Å². The van der Waals surface area contributed by atoms with Gasteiger partial charge in [-0.3, -0.25) is 4.79 Å². The maximum atomic E-state index is 13.9. The molecule has 0 saturated carbocycles. The molecule has 0 radical (unpaired) electrons. The second kappa shape index (κ2) is 8.03. The average Bonchev–Trinajstić information content (AvgIpc) is 3.19. The molecule has 0 aromatic heterocycles. The summed E-state index contributed by atoms with van der Waals surface area (Å²) in [6, 6.07) is 5.02. The van der Waals surface area contributed by atoms with Gasteiger partial charge in [0.2, 0.25) is 15.9 Å². The molecule has 1 aliphatic rings. The standard InChI is InChI=1S/C19H19F3N2O4S/c1-11-5-6-12(28-2)10-16(11)29(26,27)24-9-3-4-15(24)19(25)23-14-8-7-13(20)17(21)18(14)22/h5-8,10,15H,3-4,9H2,1-2H3,(H,23,25). The van der Waals surface area contributed by atoms with E-state index in [9.17, 15) is 26.4 Å². The van der Waals surface area contributed by atoms with Gasteiger partial charge in [0.15, 0.2) is 17.5 Å². The predicted octanol–water partition coefficient (Wildman–Crippen LogP) is 3.21. The Kier molecular flexibility index (Phi) is 5.85. The van der Waals surface area contributed by atoms with E-state index >= 15 is 0 Å². The summed E-state index contributed by atoms with van der Waals surface area (Å²) in [6.07, 6.45) is 0.625. The van der Waals surface area contributed by atoms with Crippen molar-refractivity contribution in [2.45, 2.75) is 30.7 Å². The van der Waals surface area contributed by atoms with Crippen molar-refractivity contribution in [2.24, 2.45) is 0 Å². The zero-order valence-electron chi connectivity index (χ0n) is 15.7. The highest BCUT2D eigenvalue weighted by atomic mass is 32.2. The summed E-state index contributed by atoms with van der Waals surface area (Å²) >= 11 is 0. The molecule has 1 saturated heterocycles. The van der Waals surface area contributed by atoms with E-state index in [0.29, 0.717) is 23.8 Å². The molecule has 1 unspecified atom stereocenters. The molecule has 2 aromatic rings. The van der Waals surface area contributed by atoms with Crippen LogP contribution in [0.15, 0.2) is 35.2 Å². The lowest BCUT2D eigenvalue weighted by atomic mass is 10.2. The van der Waals surface area contributed by atoms with Crippen molar-refractivity contribution >= 4 is 21.6 Å². The minimum Gasteiger partial charge on any atom is -0.497 e. The molecule has 3 rings (SSSR count). The summed E-state index contributed by atoms with van der Waals surface area (Å²) < 4.78 is 72.8. The summed E-state index contributed by atoms with van der Waals surface area (Å²) in [4.78, 5) is 12.6. The summed E-state index contributed by atoms with van der Waals surface area (Å²) in [5.41, 5.74) is -0.0841. The number of hydrogen-bond donors (Lipinski definition) is 1. The number of amides is 1. The predicted molar refractivity (Wildman–Crippen MR) is 99.6 cm³/mol. The number of rotatable bonds is 5. The van der Waals surface area contributed by atoms with Crippen LogP contribution in [0.4, 0.5) is 18.9 Å². The number of benzene rings is 2. The Balaban J connectivity index is 1.90. The molecule has 0 bridgehead atoms. The van der Waals surface area contributed by atoms with Gasteiger partial charge in [-0.05, 0) is 43.5 Å². The fourth-order valence-corrected chi connectivity index (χ4v) is 5.14. The Labute approximate surface area is 166 Å². The first-order chi connectivity index (χ1) is 13.7. The summed E-state index contributed by atoms with van der Waals surface area (Å²) in [5, 5.41) is 2.16. The molecule has 29 heavy (non-hydrogen) atoms. The number of ether oxygens (including phenoxy) is 1. The average molecular weight is 428 g/mol. The van der Waals surface area contributed by atoms with Gasteiger partial charge in [0.05, 0.1) is 17.7 Å². The third-order valence-electron chi connectivity index (χ3n) is 4.78. The van der Waals surface area contributed by atoms with E-state index in [4.69, 9.17) is 4.74 Å². The third-order valence-corrected chi connectivity index (χ3v) is 6.83. The van der Waals surface area contributed by atoms with Crippen molar-refractivity contribution in [1.82, 2.24) is 4.31 Å². The van der Waals surface area contributed by atoms with Crippen LogP contribution in [-0.4, -0.2) is 38.3 Å². The van der Waals surface area contributed by atoms with E-state index in [1.807, 2.05) is 0 Å². The first kappa shape index (κ1) is 21.1. The molecule has 1 atom stereocenters. The van der Waals surface area contributed by atoms with Gasteiger partial charge in [0, 0.05) is 12.6 Å². The SMILES string of the molecule is COc1ccc(C)c(S(=O)(=O)N2CCCC2C(=O)Nc2ccc(F)c(F)c2F)c1. The molecule has 0 aliphatic carbocycles. The van der Waals surface area contributed by atoms with Gasteiger partial charge in [-0.15, -0.1) is 0 Å². The number of halogens is 3. The highest BCUT2D eigenvalue weighted by Gasteiger charge is 2.40. The third kappa shape index (κ3) is 3.95. The zero-order chi connectivity index (χ0) is 21.3. The van der Waals surface area contributed by atoms with Crippen LogP contribution in [0, 0.1) is 24.4 Å². The fraction of sp³-hybridized carbons (Fsp3) is 0.316. The van der Waals surface area contributed by atoms with Crippen LogP contribution in [0.2, 0.25) is 0 Å². The Morgan fingerprint density at radius 3 is 2.59 bits per heavy atom. The first-order valence-corrected chi connectivity index (χ1v) is 10.2. The van der Waals surface area contributed by atoms with E-state index in [0.717, 1.165) is 10.4 Å². The molecule has 1 amide bonds. The molecule has 2 aromatic carbocycles. The summed E-state index contributed by atoms with van der Waals surface area (Å²) in [6.45, 7) is 1.71. The largest absolute Gasteiger partial charge is 0.497 e. The van der Waals surface area contributed by atoms with E-state index in [1.54, 1.807) is 19.1 Å². The number of methoxy groups -OCH3 is 1. The Bertz CT molecular complexity index is 1060. The van der Waals surface area contributed by atoms with Crippen molar-refractivity contribution in [2.75, 3.05) is 19.0 Å². The van der Waals surface area contributed by atoms with Gasteiger partial charge in [-0.2, -0.15) is 4.31 Å². The molecule has 1 aliphatic heterocycles. The van der Waals surface area contributed by atoms with Gasteiger partial charge < -0.3 is 10.1 Å². The topological polar surface area (TPSA) is 75.7 Å². The van der Waals surface area contributed by atoms with Gasteiger partial charge in [0.25, 0.3) is 0 Å². The van der Waals surface area contributed by atoms with Crippen molar-refractivity contribution in [3.05, 3.63) is 53.3 Å². The smallest absolute Gasteiger partial charge is 0.244 e. The number of carbonyl (C=O) groups excluding carboxylic acids is 1. The van der Waals surface area contributed by atoms with Gasteiger partial charge in [-0.25, -0.2) is 21.6 Å². The lowest BCUT2D eigenvalue weighted by Gasteiger charge is -2.24. The maximum Gasteiger partial charge on any atom is 0.244 e. The lowest BCUT2D eigenvalue weighted by molar-refractivity contribution is -0.119. The quantitative estimate of drug-likeness (QED) is 0.742.